The first-order valence-corrected chi connectivity index (χ1v) is 7.91. The second kappa shape index (κ2) is 5.58. The minimum Gasteiger partial charge on any atom is -0.367 e. The molecule has 4 rings (SSSR count). The van der Waals surface area contributed by atoms with Crippen LogP contribution in [0.15, 0.2) is 24.4 Å². The van der Waals surface area contributed by atoms with E-state index in [0.717, 1.165) is 48.5 Å². The number of aromatic nitrogens is 1. The predicted molar refractivity (Wildman–Crippen MR) is 88.9 cm³/mol. The van der Waals surface area contributed by atoms with Gasteiger partial charge in [0, 0.05) is 50.7 Å². The molecule has 7 heteroatoms. The number of carbonyl (C=O) groups excluding carboxylic acids is 2. The molecular weight excluding hydrogens is 294 g/mol. The fraction of sp³-hybridized carbons (Fsp3) is 0.375. The Labute approximate surface area is 133 Å². The molecular formula is C16H19N5O2. The molecule has 120 valence electrons. The van der Waals surface area contributed by atoms with E-state index < -0.39 is 0 Å². The second-order valence-electron chi connectivity index (χ2n) is 5.86. The van der Waals surface area contributed by atoms with Crippen molar-refractivity contribution in [2.45, 2.75) is 6.42 Å². The normalized spacial score (nSPS) is 19.3. The van der Waals surface area contributed by atoms with Gasteiger partial charge >= 0.3 is 6.03 Å². The average molecular weight is 313 g/mol. The number of rotatable bonds is 2. The maximum atomic E-state index is 12.1. The minimum atomic E-state index is -0.348. The van der Waals surface area contributed by atoms with Gasteiger partial charge in [-0.05, 0) is 18.2 Å². The maximum absolute atomic E-state index is 12.1. The van der Waals surface area contributed by atoms with Gasteiger partial charge in [-0.1, -0.05) is 0 Å². The van der Waals surface area contributed by atoms with Gasteiger partial charge in [-0.3, -0.25) is 15.0 Å². The molecule has 1 aromatic carbocycles. The van der Waals surface area contributed by atoms with E-state index in [1.54, 1.807) is 4.90 Å². The van der Waals surface area contributed by atoms with Crippen molar-refractivity contribution < 1.29 is 9.59 Å². The largest absolute Gasteiger partial charge is 0.367 e. The number of hydrogen-bond donors (Lipinski definition) is 3. The fourth-order valence-electron chi connectivity index (χ4n) is 3.32. The topological polar surface area (TPSA) is 80.5 Å². The average Bonchev–Trinajstić information content (AvgIpc) is 3.05. The minimum absolute atomic E-state index is 0.214. The van der Waals surface area contributed by atoms with Crippen LogP contribution >= 0.6 is 0 Å². The molecule has 0 spiro atoms. The van der Waals surface area contributed by atoms with E-state index in [1.165, 1.54) is 0 Å². The second-order valence-corrected chi connectivity index (χ2v) is 5.86. The van der Waals surface area contributed by atoms with Gasteiger partial charge in [0.15, 0.2) is 0 Å². The van der Waals surface area contributed by atoms with Gasteiger partial charge in [0.1, 0.15) is 0 Å². The van der Waals surface area contributed by atoms with E-state index in [4.69, 9.17) is 0 Å². The highest BCUT2D eigenvalue weighted by Gasteiger charge is 2.26. The summed E-state index contributed by atoms with van der Waals surface area (Å²) in [6.45, 7) is 4.29. The molecule has 3 N–H and O–H groups in total. The van der Waals surface area contributed by atoms with E-state index in [9.17, 15) is 9.59 Å². The Morgan fingerprint density at radius 1 is 0.957 bits per heavy atom. The van der Waals surface area contributed by atoms with Gasteiger partial charge in [-0.25, -0.2) is 4.79 Å². The Bertz CT molecular complexity index is 763. The number of anilines is 2. The molecule has 0 bridgehead atoms. The smallest absolute Gasteiger partial charge is 0.328 e. The zero-order valence-electron chi connectivity index (χ0n) is 12.8. The van der Waals surface area contributed by atoms with Crippen LogP contribution in [0.5, 0.6) is 0 Å². The number of imide groups is 1. The number of amides is 3. The summed E-state index contributed by atoms with van der Waals surface area (Å²) >= 11 is 0. The summed E-state index contributed by atoms with van der Waals surface area (Å²) in [6, 6.07) is 5.67. The Morgan fingerprint density at radius 3 is 2.52 bits per heavy atom. The van der Waals surface area contributed by atoms with Crippen molar-refractivity contribution in [3.8, 4) is 0 Å². The number of carbonyl (C=O) groups is 2. The van der Waals surface area contributed by atoms with Crippen molar-refractivity contribution in [3.63, 3.8) is 0 Å². The summed E-state index contributed by atoms with van der Waals surface area (Å²) in [6.07, 6.45) is 2.23. The molecule has 7 nitrogen and oxygen atoms in total. The Hall–Kier alpha value is -2.54. The molecule has 0 radical (unpaired) electrons. The molecule has 0 atom stereocenters. The van der Waals surface area contributed by atoms with E-state index in [1.807, 2.05) is 18.3 Å². The lowest BCUT2D eigenvalue weighted by molar-refractivity contribution is -0.120. The first kappa shape index (κ1) is 14.1. The third-order valence-electron chi connectivity index (χ3n) is 4.48. The molecule has 2 fully saturated rings. The highest BCUT2D eigenvalue weighted by molar-refractivity contribution is 6.11. The third kappa shape index (κ3) is 2.43. The molecule has 0 saturated carbocycles. The zero-order chi connectivity index (χ0) is 15.8. The standard InChI is InChI=1S/C16H19N5O2/c22-14-4-8-21(16(23)19-14)12-1-2-13(15-11(12)3-5-18-15)20-9-6-17-7-10-20/h1-3,5,17-18H,4,6-10H2,(H,19,22,23). The highest BCUT2D eigenvalue weighted by atomic mass is 16.2. The summed E-state index contributed by atoms with van der Waals surface area (Å²) < 4.78 is 0. The van der Waals surface area contributed by atoms with Gasteiger partial charge in [-0.2, -0.15) is 0 Å². The van der Waals surface area contributed by atoms with Gasteiger partial charge in [0.2, 0.25) is 5.91 Å². The van der Waals surface area contributed by atoms with Crippen LogP contribution in [0.1, 0.15) is 6.42 Å². The van der Waals surface area contributed by atoms with E-state index in [0.29, 0.717) is 13.0 Å². The Balaban J connectivity index is 1.73. The van der Waals surface area contributed by atoms with Crippen molar-refractivity contribution >= 4 is 34.2 Å². The summed E-state index contributed by atoms with van der Waals surface area (Å²) in [5, 5.41) is 6.74. The molecule has 0 aliphatic carbocycles. The number of urea groups is 1. The number of nitrogens with zero attached hydrogens (tertiary/aromatic N) is 2. The van der Waals surface area contributed by atoms with Crippen LogP contribution < -0.4 is 20.4 Å². The van der Waals surface area contributed by atoms with Crippen LogP contribution in [0.2, 0.25) is 0 Å². The summed E-state index contributed by atoms with van der Waals surface area (Å²) in [4.78, 5) is 30.8. The quantitative estimate of drug-likeness (QED) is 0.773. The molecule has 0 unspecified atom stereocenters. The Morgan fingerprint density at radius 2 is 1.74 bits per heavy atom. The van der Waals surface area contributed by atoms with Crippen LogP contribution in [0, 0.1) is 0 Å². The lowest BCUT2D eigenvalue weighted by atomic mass is 10.1. The monoisotopic (exact) mass is 313 g/mol. The fourth-order valence-corrected chi connectivity index (χ4v) is 3.32. The van der Waals surface area contributed by atoms with Gasteiger partial charge in [0.25, 0.3) is 0 Å². The number of benzene rings is 1. The van der Waals surface area contributed by atoms with E-state index in [2.05, 4.69) is 26.6 Å². The van der Waals surface area contributed by atoms with Crippen molar-refractivity contribution in [1.82, 2.24) is 15.6 Å². The van der Waals surface area contributed by atoms with Crippen molar-refractivity contribution in [1.29, 1.82) is 0 Å². The number of H-pyrrole nitrogens is 1. The number of nitrogens with one attached hydrogen (secondary N) is 3. The van der Waals surface area contributed by atoms with Crippen molar-refractivity contribution in [2.24, 2.45) is 0 Å². The van der Waals surface area contributed by atoms with Gasteiger partial charge in [0.05, 0.1) is 16.9 Å². The van der Waals surface area contributed by atoms with E-state index in [-0.39, 0.29) is 11.9 Å². The van der Waals surface area contributed by atoms with Crippen LogP contribution in [-0.2, 0) is 4.79 Å². The molecule has 3 heterocycles. The zero-order valence-corrected chi connectivity index (χ0v) is 12.8. The first-order chi connectivity index (χ1) is 11.2. The van der Waals surface area contributed by atoms with Crippen LogP contribution in [-0.4, -0.2) is 49.6 Å². The molecule has 1 aromatic heterocycles. The number of hydrogen-bond acceptors (Lipinski definition) is 4. The predicted octanol–water partition coefficient (Wildman–Crippen LogP) is 1.02. The molecule has 3 amide bonds. The lowest BCUT2D eigenvalue weighted by Crippen LogP contribution is -2.49. The third-order valence-corrected chi connectivity index (χ3v) is 4.48. The molecule has 23 heavy (non-hydrogen) atoms. The molecule has 2 saturated heterocycles. The molecule has 2 aliphatic rings. The van der Waals surface area contributed by atoms with Crippen molar-refractivity contribution in [2.75, 3.05) is 42.5 Å². The van der Waals surface area contributed by atoms with Crippen LogP contribution in [0.3, 0.4) is 0 Å². The molecule has 2 aromatic rings. The van der Waals surface area contributed by atoms with Crippen LogP contribution in [0.25, 0.3) is 10.9 Å². The summed E-state index contributed by atoms with van der Waals surface area (Å²) in [5.41, 5.74) is 3.03. The SMILES string of the molecule is O=C1CCN(c2ccc(N3CCNCC3)c3[nH]ccc23)C(=O)N1. The van der Waals surface area contributed by atoms with Crippen molar-refractivity contribution in [3.05, 3.63) is 24.4 Å². The lowest BCUT2D eigenvalue weighted by Gasteiger charge is -2.31. The maximum Gasteiger partial charge on any atom is 0.328 e. The molecule has 2 aliphatic heterocycles. The summed E-state index contributed by atoms with van der Waals surface area (Å²) in [7, 11) is 0. The highest BCUT2D eigenvalue weighted by Crippen LogP contribution is 2.34. The number of piperazine rings is 1. The first-order valence-electron chi connectivity index (χ1n) is 7.91. The Kier molecular flexibility index (Phi) is 3.42. The summed E-state index contributed by atoms with van der Waals surface area (Å²) in [5.74, 6) is -0.214. The van der Waals surface area contributed by atoms with Crippen LogP contribution in [0.4, 0.5) is 16.2 Å². The van der Waals surface area contributed by atoms with E-state index >= 15 is 0 Å². The number of aromatic amines is 1. The van der Waals surface area contributed by atoms with Gasteiger partial charge < -0.3 is 15.2 Å². The number of fused-ring (bicyclic) bond motifs is 1. The van der Waals surface area contributed by atoms with Gasteiger partial charge in [-0.15, -0.1) is 0 Å².